The zero-order valence-electron chi connectivity index (χ0n) is 13.8. The summed E-state index contributed by atoms with van der Waals surface area (Å²) >= 11 is 5.98. The Hall–Kier alpha value is -1.30. The molecule has 0 bridgehead atoms. The summed E-state index contributed by atoms with van der Waals surface area (Å²) in [5, 5.41) is 3.61. The second-order valence-corrected chi connectivity index (χ2v) is 6.18. The highest BCUT2D eigenvalue weighted by Gasteiger charge is 2.15. The predicted molar refractivity (Wildman–Crippen MR) is 91.2 cm³/mol. The van der Waals surface area contributed by atoms with Gasteiger partial charge in [0.2, 0.25) is 0 Å². The summed E-state index contributed by atoms with van der Waals surface area (Å²) < 4.78 is 11.0. The molecule has 0 radical (unpaired) electrons. The van der Waals surface area contributed by atoms with Crippen LogP contribution in [0.5, 0.6) is 5.75 Å². The molecule has 0 unspecified atom stereocenters. The Bertz CT molecular complexity index is 519. The lowest BCUT2D eigenvalue weighted by atomic mass is 10.2. The van der Waals surface area contributed by atoms with Crippen LogP contribution >= 0.6 is 11.6 Å². The Kier molecular flexibility index (Phi) is 7.15. The molecule has 1 heterocycles. The molecule has 1 aliphatic heterocycles. The van der Waals surface area contributed by atoms with Crippen molar-refractivity contribution in [3.05, 3.63) is 28.8 Å². The number of halogens is 1. The number of aryl methyl sites for hydroxylation is 1. The van der Waals surface area contributed by atoms with E-state index in [4.69, 9.17) is 21.1 Å². The number of hydrogen-bond acceptors (Lipinski definition) is 4. The van der Waals surface area contributed by atoms with Crippen molar-refractivity contribution in [2.24, 2.45) is 0 Å². The maximum absolute atomic E-state index is 12.1. The fraction of sp³-hybridized carbons (Fsp3) is 0.588. The Morgan fingerprint density at radius 3 is 2.87 bits per heavy atom. The third-order valence-electron chi connectivity index (χ3n) is 3.87. The lowest BCUT2D eigenvalue weighted by Crippen LogP contribution is -2.40. The van der Waals surface area contributed by atoms with Crippen molar-refractivity contribution >= 4 is 17.5 Å². The molecule has 2 rings (SSSR count). The van der Waals surface area contributed by atoms with E-state index in [0.717, 1.165) is 44.8 Å². The molecule has 1 aliphatic rings. The van der Waals surface area contributed by atoms with E-state index in [1.165, 1.54) is 0 Å². The van der Waals surface area contributed by atoms with Crippen LogP contribution < -0.4 is 10.1 Å². The Morgan fingerprint density at radius 1 is 1.43 bits per heavy atom. The number of nitrogens with one attached hydrogen (secondary N) is 1. The van der Waals surface area contributed by atoms with E-state index >= 15 is 0 Å². The summed E-state index contributed by atoms with van der Waals surface area (Å²) in [4.78, 5) is 14.4. The van der Waals surface area contributed by atoms with Crippen LogP contribution in [-0.2, 0) is 9.53 Å². The molecular formula is C17H25ClN2O3. The van der Waals surface area contributed by atoms with Crippen LogP contribution in [0, 0.1) is 6.92 Å². The van der Waals surface area contributed by atoms with Crippen molar-refractivity contribution in [3.8, 4) is 5.75 Å². The summed E-state index contributed by atoms with van der Waals surface area (Å²) in [5.41, 5.74) is 0.933. The smallest absolute Gasteiger partial charge is 0.260 e. The van der Waals surface area contributed by atoms with Crippen molar-refractivity contribution in [2.45, 2.75) is 26.4 Å². The van der Waals surface area contributed by atoms with Gasteiger partial charge >= 0.3 is 0 Å². The van der Waals surface area contributed by atoms with Crippen molar-refractivity contribution in [1.29, 1.82) is 0 Å². The molecule has 5 nitrogen and oxygen atoms in total. The topological polar surface area (TPSA) is 50.8 Å². The summed E-state index contributed by atoms with van der Waals surface area (Å²) in [5.74, 6) is 0.558. The van der Waals surface area contributed by atoms with Crippen LogP contribution in [0.3, 0.4) is 0 Å². The molecule has 1 saturated heterocycles. The van der Waals surface area contributed by atoms with Crippen LogP contribution in [-0.4, -0.2) is 56.3 Å². The number of amides is 1. The molecule has 1 fully saturated rings. The molecule has 0 spiro atoms. The first-order chi connectivity index (χ1) is 11.1. The fourth-order valence-corrected chi connectivity index (χ4v) is 2.55. The third-order valence-corrected chi connectivity index (χ3v) is 4.29. The van der Waals surface area contributed by atoms with Gasteiger partial charge in [-0.15, -0.1) is 0 Å². The predicted octanol–water partition coefficient (Wildman–Crippen LogP) is 2.25. The number of rotatable bonds is 7. The maximum Gasteiger partial charge on any atom is 0.260 e. The van der Waals surface area contributed by atoms with Crippen molar-refractivity contribution < 1.29 is 14.3 Å². The fourth-order valence-electron chi connectivity index (χ4n) is 2.43. The van der Waals surface area contributed by atoms with Gasteiger partial charge in [-0.25, -0.2) is 0 Å². The minimum Gasteiger partial charge on any atom is -0.481 e. The molecule has 1 atom stereocenters. The number of benzene rings is 1. The first-order valence-corrected chi connectivity index (χ1v) is 8.44. The van der Waals surface area contributed by atoms with E-state index in [9.17, 15) is 4.79 Å². The molecule has 23 heavy (non-hydrogen) atoms. The maximum atomic E-state index is 12.1. The zero-order chi connectivity index (χ0) is 16.7. The number of carbonyl (C=O) groups excluding carboxylic acids is 1. The lowest BCUT2D eigenvalue weighted by molar-refractivity contribution is -0.127. The number of hydrogen-bond donors (Lipinski definition) is 1. The first-order valence-electron chi connectivity index (χ1n) is 8.07. The van der Waals surface area contributed by atoms with Gasteiger partial charge in [0.05, 0.1) is 13.2 Å². The lowest BCUT2D eigenvalue weighted by Gasteiger charge is -2.26. The van der Waals surface area contributed by atoms with Crippen LogP contribution in [0.1, 0.15) is 18.9 Å². The second-order valence-electron chi connectivity index (χ2n) is 5.77. The van der Waals surface area contributed by atoms with E-state index in [2.05, 4.69) is 10.2 Å². The molecule has 128 valence electrons. The summed E-state index contributed by atoms with van der Waals surface area (Å²) in [7, 11) is 0. The normalized spacial score (nSPS) is 16.8. The minimum absolute atomic E-state index is 0.0976. The molecule has 1 aromatic carbocycles. The molecule has 1 aromatic rings. The van der Waals surface area contributed by atoms with Gasteiger partial charge in [-0.05, 0) is 50.6 Å². The summed E-state index contributed by atoms with van der Waals surface area (Å²) in [6.07, 6.45) is 0.400. The van der Waals surface area contributed by atoms with Gasteiger partial charge in [-0.2, -0.15) is 0 Å². The second kappa shape index (κ2) is 9.11. The van der Waals surface area contributed by atoms with E-state index in [1.54, 1.807) is 19.1 Å². The monoisotopic (exact) mass is 340 g/mol. The van der Waals surface area contributed by atoms with Gasteiger partial charge in [0.1, 0.15) is 5.75 Å². The van der Waals surface area contributed by atoms with Gasteiger partial charge in [-0.3, -0.25) is 9.69 Å². The molecule has 6 heteroatoms. The zero-order valence-corrected chi connectivity index (χ0v) is 14.6. The van der Waals surface area contributed by atoms with Gasteiger partial charge in [0.15, 0.2) is 6.10 Å². The van der Waals surface area contributed by atoms with E-state index in [1.807, 2.05) is 13.0 Å². The molecule has 1 N–H and O–H groups in total. The number of carbonyl (C=O) groups is 1. The van der Waals surface area contributed by atoms with Gasteiger partial charge in [-0.1, -0.05) is 11.6 Å². The van der Waals surface area contributed by atoms with E-state index in [0.29, 0.717) is 17.3 Å². The average Bonchev–Trinajstić information content (AvgIpc) is 2.55. The number of morpholine rings is 1. The van der Waals surface area contributed by atoms with Crippen molar-refractivity contribution in [2.75, 3.05) is 39.4 Å². The van der Waals surface area contributed by atoms with Crippen molar-refractivity contribution in [3.63, 3.8) is 0 Å². The van der Waals surface area contributed by atoms with Crippen molar-refractivity contribution in [1.82, 2.24) is 10.2 Å². The molecule has 0 aromatic heterocycles. The van der Waals surface area contributed by atoms with Crippen LogP contribution in [0.15, 0.2) is 18.2 Å². The van der Waals surface area contributed by atoms with E-state index in [-0.39, 0.29) is 5.91 Å². The Balaban J connectivity index is 1.66. The van der Waals surface area contributed by atoms with Crippen LogP contribution in [0.4, 0.5) is 0 Å². The minimum atomic E-state index is -0.529. The van der Waals surface area contributed by atoms with E-state index < -0.39 is 6.10 Å². The summed E-state index contributed by atoms with van der Waals surface area (Å²) in [6.45, 7) is 8.86. The standard InChI is InChI=1S/C17H25ClN2O3/c1-13-12-15(4-5-16(13)18)23-14(2)17(21)19-6-3-7-20-8-10-22-11-9-20/h4-5,12,14H,3,6-11H2,1-2H3,(H,19,21)/t14-/m0/s1. The largest absolute Gasteiger partial charge is 0.481 e. The number of nitrogens with zero attached hydrogens (tertiary/aromatic N) is 1. The summed E-state index contributed by atoms with van der Waals surface area (Å²) in [6, 6.07) is 5.39. The first kappa shape index (κ1) is 18.0. The highest BCUT2D eigenvalue weighted by atomic mass is 35.5. The number of ether oxygens (including phenoxy) is 2. The third kappa shape index (κ3) is 6.01. The van der Waals surface area contributed by atoms with Crippen LogP contribution in [0.25, 0.3) is 0 Å². The van der Waals surface area contributed by atoms with Gasteiger partial charge < -0.3 is 14.8 Å². The average molecular weight is 341 g/mol. The SMILES string of the molecule is Cc1cc(O[C@@H](C)C(=O)NCCCN2CCOCC2)ccc1Cl. The highest BCUT2D eigenvalue weighted by molar-refractivity contribution is 6.31. The Labute approximate surface area is 142 Å². The van der Waals surface area contributed by atoms with Gasteiger partial charge in [0, 0.05) is 24.7 Å². The quantitative estimate of drug-likeness (QED) is 0.773. The molecule has 1 amide bonds. The van der Waals surface area contributed by atoms with Crippen LogP contribution in [0.2, 0.25) is 5.02 Å². The molecular weight excluding hydrogens is 316 g/mol. The highest BCUT2D eigenvalue weighted by Crippen LogP contribution is 2.21. The Morgan fingerprint density at radius 2 is 2.17 bits per heavy atom. The van der Waals surface area contributed by atoms with Gasteiger partial charge in [0.25, 0.3) is 5.91 Å². The molecule has 0 aliphatic carbocycles. The molecule has 0 saturated carbocycles.